The number of sulfonamides is 1. The maximum atomic E-state index is 12.4. The van der Waals surface area contributed by atoms with E-state index in [2.05, 4.69) is 20.7 Å². The smallest absolute Gasteiger partial charge is 0.263 e. The molecular formula is C14H10BrClN2O2S. The monoisotopic (exact) mass is 384 g/mol. The zero-order valence-corrected chi connectivity index (χ0v) is 14.1. The summed E-state index contributed by atoms with van der Waals surface area (Å²) < 4.78 is 28.1. The molecule has 0 aliphatic rings. The van der Waals surface area contributed by atoms with Crippen LogP contribution in [-0.2, 0) is 10.0 Å². The van der Waals surface area contributed by atoms with Gasteiger partial charge < -0.3 is 0 Å². The fraction of sp³-hybridized carbons (Fsp3) is 0.0714. The summed E-state index contributed by atoms with van der Waals surface area (Å²) in [6.45, 7) is 1.79. The van der Waals surface area contributed by atoms with Crippen molar-refractivity contribution in [1.29, 1.82) is 5.26 Å². The molecule has 0 radical (unpaired) electrons. The number of hydrogen-bond donors (Lipinski definition) is 1. The van der Waals surface area contributed by atoms with E-state index in [1.165, 1.54) is 18.2 Å². The van der Waals surface area contributed by atoms with Gasteiger partial charge >= 0.3 is 0 Å². The summed E-state index contributed by atoms with van der Waals surface area (Å²) in [4.78, 5) is -0.123. The Morgan fingerprint density at radius 3 is 2.62 bits per heavy atom. The number of nitriles is 1. The third-order valence-electron chi connectivity index (χ3n) is 2.79. The fourth-order valence-electron chi connectivity index (χ4n) is 1.68. The van der Waals surface area contributed by atoms with Crippen molar-refractivity contribution in [3.05, 3.63) is 57.0 Å². The first-order valence-corrected chi connectivity index (χ1v) is 8.47. The molecule has 0 fully saturated rings. The normalized spacial score (nSPS) is 11.0. The van der Waals surface area contributed by atoms with E-state index in [4.69, 9.17) is 16.9 Å². The van der Waals surface area contributed by atoms with Crippen LogP contribution in [0.1, 0.15) is 11.1 Å². The second kappa shape index (κ2) is 6.06. The van der Waals surface area contributed by atoms with Crippen molar-refractivity contribution < 1.29 is 8.42 Å². The Balaban J connectivity index is 2.48. The lowest BCUT2D eigenvalue weighted by Crippen LogP contribution is -2.14. The Morgan fingerprint density at radius 2 is 1.95 bits per heavy atom. The lowest BCUT2D eigenvalue weighted by molar-refractivity contribution is 0.601. The molecule has 0 aliphatic carbocycles. The van der Waals surface area contributed by atoms with Crippen molar-refractivity contribution in [2.75, 3.05) is 4.72 Å². The van der Waals surface area contributed by atoms with Gasteiger partial charge in [0.1, 0.15) is 4.90 Å². The highest BCUT2D eigenvalue weighted by Crippen LogP contribution is 2.27. The number of nitrogens with one attached hydrogen (secondary N) is 1. The molecule has 0 bridgehead atoms. The van der Waals surface area contributed by atoms with Crippen molar-refractivity contribution >= 4 is 43.2 Å². The molecule has 0 saturated heterocycles. The highest BCUT2D eigenvalue weighted by Gasteiger charge is 2.19. The van der Waals surface area contributed by atoms with Gasteiger partial charge in [-0.15, -0.1) is 0 Å². The molecule has 0 spiro atoms. The van der Waals surface area contributed by atoms with Crippen LogP contribution in [0, 0.1) is 18.3 Å². The molecular weight excluding hydrogens is 376 g/mol. The SMILES string of the molecule is Cc1ccc(Br)cc1NS(=O)(=O)c1cc(C#N)ccc1Cl. The maximum absolute atomic E-state index is 12.4. The molecule has 0 aliphatic heterocycles. The number of benzene rings is 2. The van der Waals surface area contributed by atoms with E-state index >= 15 is 0 Å². The minimum Gasteiger partial charge on any atom is -0.279 e. The molecule has 0 saturated carbocycles. The Labute approximate surface area is 136 Å². The van der Waals surface area contributed by atoms with Crippen LogP contribution < -0.4 is 4.72 Å². The van der Waals surface area contributed by atoms with E-state index in [9.17, 15) is 8.42 Å². The van der Waals surface area contributed by atoms with Crippen LogP contribution in [0.15, 0.2) is 45.8 Å². The van der Waals surface area contributed by atoms with E-state index in [0.717, 1.165) is 10.0 Å². The van der Waals surface area contributed by atoms with Gasteiger partial charge in [-0.25, -0.2) is 8.42 Å². The van der Waals surface area contributed by atoms with Gasteiger partial charge in [-0.3, -0.25) is 4.72 Å². The van der Waals surface area contributed by atoms with E-state index in [0.29, 0.717) is 5.69 Å². The first-order valence-electron chi connectivity index (χ1n) is 5.82. The van der Waals surface area contributed by atoms with Gasteiger partial charge in [0.15, 0.2) is 0 Å². The summed E-state index contributed by atoms with van der Waals surface area (Å²) in [5, 5.41) is 8.94. The molecule has 0 amide bonds. The Bertz CT molecular complexity index is 845. The van der Waals surface area contributed by atoms with Gasteiger partial charge in [0.2, 0.25) is 0 Å². The molecule has 2 rings (SSSR count). The molecule has 4 nitrogen and oxygen atoms in total. The van der Waals surface area contributed by atoms with Crippen LogP contribution in [-0.4, -0.2) is 8.42 Å². The van der Waals surface area contributed by atoms with Crippen LogP contribution in [0.5, 0.6) is 0 Å². The van der Waals surface area contributed by atoms with Crippen molar-refractivity contribution in [2.24, 2.45) is 0 Å². The van der Waals surface area contributed by atoms with Crippen molar-refractivity contribution in [2.45, 2.75) is 11.8 Å². The Kier molecular flexibility index (Phi) is 4.57. The fourth-order valence-corrected chi connectivity index (χ4v) is 3.69. The number of halogens is 2. The van der Waals surface area contributed by atoms with Crippen LogP contribution in [0.2, 0.25) is 5.02 Å². The second-order valence-electron chi connectivity index (χ2n) is 4.32. The quantitative estimate of drug-likeness (QED) is 0.865. The highest BCUT2D eigenvalue weighted by atomic mass is 79.9. The van der Waals surface area contributed by atoms with Crippen molar-refractivity contribution in [3.63, 3.8) is 0 Å². The highest BCUT2D eigenvalue weighted by molar-refractivity contribution is 9.10. The van der Waals surface area contributed by atoms with E-state index in [-0.39, 0.29) is 15.5 Å². The topological polar surface area (TPSA) is 70.0 Å². The summed E-state index contributed by atoms with van der Waals surface area (Å²) in [6, 6.07) is 11.3. The van der Waals surface area contributed by atoms with Crippen molar-refractivity contribution in [3.8, 4) is 6.07 Å². The number of nitrogens with zero attached hydrogens (tertiary/aromatic N) is 1. The molecule has 108 valence electrons. The van der Waals surface area contributed by atoms with E-state index < -0.39 is 10.0 Å². The van der Waals surface area contributed by atoms with Crippen LogP contribution in [0.3, 0.4) is 0 Å². The summed E-state index contributed by atoms with van der Waals surface area (Å²) in [5.74, 6) is 0. The predicted molar refractivity (Wildman–Crippen MR) is 85.9 cm³/mol. The molecule has 0 unspecified atom stereocenters. The Morgan fingerprint density at radius 1 is 1.24 bits per heavy atom. The van der Waals surface area contributed by atoms with Crippen molar-refractivity contribution in [1.82, 2.24) is 0 Å². The van der Waals surface area contributed by atoms with Gasteiger partial charge in [0, 0.05) is 4.47 Å². The maximum Gasteiger partial charge on any atom is 0.263 e. The third-order valence-corrected chi connectivity index (χ3v) is 5.13. The number of hydrogen-bond acceptors (Lipinski definition) is 3. The Hall–Kier alpha value is -1.55. The third kappa shape index (κ3) is 3.56. The summed E-state index contributed by atoms with van der Waals surface area (Å²) >= 11 is 9.23. The molecule has 21 heavy (non-hydrogen) atoms. The molecule has 7 heteroatoms. The van der Waals surface area contributed by atoms with Crippen LogP contribution in [0.4, 0.5) is 5.69 Å². The number of aryl methyl sites for hydroxylation is 1. The van der Waals surface area contributed by atoms with Crippen LogP contribution in [0.25, 0.3) is 0 Å². The summed E-state index contributed by atoms with van der Waals surface area (Å²) in [6.07, 6.45) is 0. The average molecular weight is 386 g/mol. The summed E-state index contributed by atoms with van der Waals surface area (Å²) in [5.41, 5.74) is 1.45. The minimum atomic E-state index is -3.87. The average Bonchev–Trinajstić information content (AvgIpc) is 2.43. The summed E-state index contributed by atoms with van der Waals surface area (Å²) in [7, 11) is -3.87. The van der Waals surface area contributed by atoms with Gasteiger partial charge in [-0.05, 0) is 42.8 Å². The largest absolute Gasteiger partial charge is 0.279 e. The van der Waals surface area contributed by atoms with Gasteiger partial charge in [0.05, 0.1) is 22.3 Å². The molecule has 0 heterocycles. The predicted octanol–water partition coefficient (Wildman–Crippen LogP) is 4.08. The second-order valence-corrected chi connectivity index (χ2v) is 7.30. The number of anilines is 1. The van der Waals surface area contributed by atoms with E-state index in [1.54, 1.807) is 19.1 Å². The van der Waals surface area contributed by atoms with Crippen LogP contribution >= 0.6 is 27.5 Å². The molecule has 2 aromatic carbocycles. The molecule has 1 N–H and O–H groups in total. The minimum absolute atomic E-state index is 0.0640. The van der Waals surface area contributed by atoms with Gasteiger partial charge in [0.25, 0.3) is 10.0 Å². The van der Waals surface area contributed by atoms with Gasteiger partial charge in [-0.2, -0.15) is 5.26 Å². The lowest BCUT2D eigenvalue weighted by atomic mass is 10.2. The zero-order chi connectivity index (χ0) is 15.6. The lowest BCUT2D eigenvalue weighted by Gasteiger charge is -2.12. The first kappa shape index (κ1) is 15.8. The molecule has 0 atom stereocenters. The van der Waals surface area contributed by atoms with E-state index in [1.807, 2.05) is 12.1 Å². The zero-order valence-electron chi connectivity index (χ0n) is 10.9. The van der Waals surface area contributed by atoms with Gasteiger partial charge in [-0.1, -0.05) is 33.6 Å². The molecule has 2 aromatic rings. The molecule has 0 aromatic heterocycles. The number of rotatable bonds is 3. The standard InChI is InChI=1S/C14H10BrClN2O2S/c1-9-2-4-11(15)7-13(9)18-21(19,20)14-6-10(8-17)3-5-12(14)16/h2-7,18H,1H3. The first-order chi connectivity index (χ1) is 9.83.